The van der Waals surface area contributed by atoms with Gasteiger partial charge in [0.05, 0.1) is 5.92 Å². The maximum atomic E-state index is 13.5. The lowest BCUT2D eigenvalue weighted by Crippen LogP contribution is -2.34. The molecule has 1 aromatic carbocycles. The van der Waals surface area contributed by atoms with Crippen LogP contribution in [0, 0.1) is 5.82 Å². The highest BCUT2D eigenvalue weighted by Crippen LogP contribution is 2.20. The van der Waals surface area contributed by atoms with Crippen LogP contribution >= 0.6 is 0 Å². The molecule has 3 heteroatoms. The van der Waals surface area contributed by atoms with Gasteiger partial charge in [0.25, 0.3) is 0 Å². The van der Waals surface area contributed by atoms with E-state index in [9.17, 15) is 9.18 Å². The molecule has 0 heterocycles. The molecule has 1 amide bonds. The Hall–Kier alpha value is -1.38. The van der Waals surface area contributed by atoms with Crippen LogP contribution in [0.1, 0.15) is 32.3 Å². The van der Waals surface area contributed by atoms with Crippen molar-refractivity contribution >= 4 is 5.91 Å². The van der Waals surface area contributed by atoms with Crippen LogP contribution in [-0.4, -0.2) is 23.9 Å². The lowest BCUT2D eigenvalue weighted by molar-refractivity contribution is -0.132. The first-order chi connectivity index (χ1) is 7.61. The molecule has 0 N–H and O–H groups in total. The standard InChI is InChI=1S/C13H18FNO/c1-4-15(5-2)13(16)10(3)11-8-6-7-9-12(11)14/h6-10H,4-5H2,1-3H3. The Bertz CT molecular complexity index is 361. The van der Waals surface area contributed by atoms with Gasteiger partial charge in [-0.15, -0.1) is 0 Å². The number of rotatable bonds is 4. The third kappa shape index (κ3) is 2.60. The van der Waals surface area contributed by atoms with Gasteiger partial charge in [-0.1, -0.05) is 18.2 Å². The lowest BCUT2D eigenvalue weighted by Gasteiger charge is -2.23. The van der Waals surface area contributed by atoms with Crippen LogP contribution in [0.5, 0.6) is 0 Å². The largest absolute Gasteiger partial charge is 0.343 e. The molecule has 1 atom stereocenters. The summed E-state index contributed by atoms with van der Waals surface area (Å²) in [7, 11) is 0. The van der Waals surface area contributed by atoms with Crippen LogP contribution in [0.3, 0.4) is 0 Å². The minimum Gasteiger partial charge on any atom is -0.343 e. The van der Waals surface area contributed by atoms with Gasteiger partial charge in [0.1, 0.15) is 5.82 Å². The second-order valence-corrected chi connectivity index (χ2v) is 3.75. The topological polar surface area (TPSA) is 20.3 Å². The summed E-state index contributed by atoms with van der Waals surface area (Å²) in [6.45, 7) is 6.92. The van der Waals surface area contributed by atoms with Crippen molar-refractivity contribution < 1.29 is 9.18 Å². The average molecular weight is 223 g/mol. The SMILES string of the molecule is CCN(CC)C(=O)C(C)c1ccccc1F. The van der Waals surface area contributed by atoms with E-state index in [1.165, 1.54) is 6.07 Å². The zero-order valence-electron chi connectivity index (χ0n) is 10.0. The highest BCUT2D eigenvalue weighted by Gasteiger charge is 2.21. The molecule has 0 bridgehead atoms. The van der Waals surface area contributed by atoms with Crippen LogP contribution < -0.4 is 0 Å². The molecule has 1 rings (SSSR count). The van der Waals surface area contributed by atoms with Crippen molar-refractivity contribution in [2.24, 2.45) is 0 Å². The molecule has 16 heavy (non-hydrogen) atoms. The average Bonchev–Trinajstić information content (AvgIpc) is 2.30. The van der Waals surface area contributed by atoms with Crippen molar-refractivity contribution in [2.75, 3.05) is 13.1 Å². The maximum Gasteiger partial charge on any atom is 0.229 e. The summed E-state index contributed by atoms with van der Waals surface area (Å²) in [6.07, 6.45) is 0. The Morgan fingerprint density at radius 2 is 1.88 bits per heavy atom. The number of hydrogen-bond donors (Lipinski definition) is 0. The van der Waals surface area contributed by atoms with E-state index in [-0.39, 0.29) is 11.7 Å². The number of nitrogens with zero attached hydrogens (tertiary/aromatic N) is 1. The van der Waals surface area contributed by atoms with Gasteiger partial charge in [0.15, 0.2) is 0 Å². The number of hydrogen-bond acceptors (Lipinski definition) is 1. The molecule has 1 unspecified atom stereocenters. The van der Waals surface area contributed by atoms with Crippen molar-refractivity contribution in [3.05, 3.63) is 35.6 Å². The molecule has 0 saturated carbocycles. The Kier molecular flexibility index (Phi) is 4.47. The Morgan fingerprint density at radius 3 is 2.38 bits per heavy atom. The minimum absolute atomic E-state index is 0.0184. The fourth-order valence-electron chi connectivity index (χ4n) is 1.77. The third-order valence-corrected chi connectivity index (χ3v) is 2.82. The summed E-state index contributed by atoms with van der Waals surface area (Å²) in [5.74, 6) is -0.744. The molecule has 0 aromatic heterocycles. The number of amides is 1. The normalized spacial score (nSPS) is 12.2. The summed E-state index contributed by atoms with van der Waals surface area (Å²) >= 11 is 0. The molecule has 0 spiro atoms. The van der Waals surface area contributed by atoms with E-state index in [1.54, 1.807) is 30.0 Å². The monoisotopic (exact) mass is 223 g/mol. The number of halogens is 1. The number of benzene rings is 1. The predicted molar refractivity (Wildman–Crippen MR) is 62.7 cm³/mol. The molecule has 0 fully saturated rings. The molecule has 0 radical (unpaired) electrons. The van der Waals surface area contributed by atoms with Crippen LogP contribution in [0.25, 0.3) is 0 Å². The first-order valence-corrected chi connectivity index (χ1v) is 5.65. The van der Waals surface area contributed by atoms with E-state index < -0.39 is 5.92 Å². The Balaban J connectivity index is 2.90. The smallest absolute Gasteiger partial charge is 0.229 e. The zero-order chi connectivity index (χ0) is 12.1. The molecule has 0 aliphatic carbocycles. The summed E-state index contributed by atoms with van der Waals surface area (Å²) < 4.78 is 13.5. The van der Waals surface area contributed by atoms with Gasteiger partial charge >= 0.3 is 0 Å². The minimum atomic E-state index is -0.416. The summed E-state index contributed by atoms with van der Waals surface area (Å²) in [4.78, 5) is 13.7. The van der Waals surface area contributed by atoms with Gasteiger partial charge in [-0.2, -0.15) is 0 Å². The molecule has 88 valence electrons. The maximum absolute atomic E-state index is 13.5. The predicted octanol–water partition coefficient (Wildman–Crippen LogP) is 2.80. The molecule has 0 saturated heterocycles. The molecule has 0 aliphatic rings. The van der Waals surface area contributed by atoms with Gasteiger partial charge in [-0.3, -0.25) is 4.79 Å². The fourth-order valence-corrected chi connectivity index (χ4v) is 1.77. The van der Waals surface area contributed by atoms with E-state index in [0.29, 0.717) is 18.7 Å². The van der Waals surface area contributed by atoms with E-state index in [0.717, 1.165) is 0 Å². The van der Waals surface area contributed by atoms with Gasteiger partial charge < -0.3 is 4.90 Å². The van der Waals surface area contributed by atoms with Gasteiger partial charge in [0.2, 0.25) is 5.91 Å². The first-order valence-electron chi connectivity index (χ1n) is 5.65. The van der Waals surface area contributed by atoms with Crippen LogP contribution in [0.2, 0.25) is 0 Å². The highest BCUT2D eigenvalue weighted by atomic mass is 19.1. The lowest BCUT2D eigenvalue weighted by atomic mass is 9.99. The van der Waals surface area contributed by atoms with E-state index in [1.807, 2.05) is 13.8 Å². The fraction of sp³-hybridized carbons (Fsp3) is 0.462. The van der Waals surface area contributed by atoms with Crippen molar-refractivity contribution in [1.82, 2.24) is 4.90 Å². The number of carbonyl (C=O) groups excluding carboxylic acids is 1. The zero-order valence-corrected chi connectivity index (χ0v) is 10.0. The third-order valence-electron chi connectivity index (χ3n) is 2.82. The summed E-state index contributed by atoms with van der Waals surface area (Å²) in [5.41, 5.74) is 0.472. The van der Waals surface area contributed by atoms with Gasteiger partial charge in [-0.05, 0) is 32.4 Å². The van der Waals surface area contributed by atoms with E-state index >= 15 is 0 Å². The van der Waals surface area contributed by atoms with Crippen molar-refractivity contribution in [2.45, 2.75) is 26.7 Å². The van der Waals surface area contributed by atoms with Crippen molar-refractivity contribution in [1.29, 1.82) is 0 Å². The molecular formula is C13H18FNO. The summed E-state index contributed by atoms with van der Waals surface area (Å²) in [6, 6.07) is 6.45. The van der Waals surface area contributed by atoms with Crippen LogP contribution in [0.15, 0.2) is 24.3 Å². The van der Waals surface area contributed by atoms with Crippen LogP contribution in [-0.2, 0) is 4.79 Å². The molecule has 2 nitrogen and oxygen atoms in total. The Labute approximate surface area is 96.1 Å². The Morgan fingerprint density at radius 1 is 1.31 bits per heavy atom. The van der Waals surface area contributed by atoms with Crippen molar-refractivity contribution in [3.63, 3.8) is 0 Å². The molecular weight excluding hydrogens is 205 g/mol. The number of likely N-dealkylation sites (N-methyl/N-ethyl adjacent to an activating group) is 1. The highest BCUT2D eigenvalue weighted by molar-refractivity contribution is 5.83. The first kappa shape index (κ1) is 12.7. The van der Waals surface area contributed by atoms with Gasteiger partial charge in [0, 0.05) is 13.1 Å². The van der Waals surface area contributed by atoms with Crippen molar-refractivity contribution in [3.8, 4) is 0 Å². The molecule has 1 aromatic rings. The number of carbonyl (C=O) groups is 1. The quantitative estimate of drug-likeness (QED) is 0.768. The summed E-state index contributed by atoms with van der Waals surface area (Å²) in [5, 5.41) is 0. The second kappa shape index (κ2) is 5.64. The molecule has 0 aliphatic heterocycles. The van der Waals surface area contributed by atoms with Gasteiger partial charge in [-0.25, -0.2) is 4.39 Å². The second-order valence-electron chi connectivity index (χ2n) is 3.75. The van der Waals surface area contributed by atoms with E-state index in [2.05, 4.69) is 0 Å². The van der Waals surface area contributed by atoms with E-state index in [4.69, 9.17) is 0 Å². The van der Waals surface area contributed by atoms with Crippen LogP contribution in [0.4, 0.5) is 4.39 Å².